The zero-order valence-electron chi connectivity index (χ0n) is 10.1. The lowest BCUT2D eigenvalue weighted by molar-refractivity contribution is 0.570. The molecule has 2 N–H and O–H groups in total. The topological polar surface area (TPSA) is 56.0 Å². The number of hydrogen-bond acceptors (Lipinski definition) is 3. The molecular weight excluding hydrogens is 283 g/mol. The third-order valence-corrected chi connectivity index (χ3v) is 3.55. The fourth-order valence-corrected chi connectivity index (χ4v) is 2.11. The number of rotatable bonds is 2. The van der Waals surface area contributed by atoms with Crippen LogP contribution in [0, 0.1) is 6.92 Å². The first-order valence-electron chi connectivity index (χ1n) is 5.47. The van der Waals surface area contributed by atoms with Gasteiger partial charge in [-0.3, -0.25) is 0 Å². The Bertz CT molecular complexity index is 675. The van der Waals surface area contributed by atoms with Crippen molar-refractivity contribution in [1.82, 2.24) is 4.98 Å². The maximum atomic E-state index is 10.3. The number of benzene rings is 1. The van der Waals surface area contributed by atoms with Crippen molar-refractivity contribution in [2.24, 2.45) is 0 Å². The summed E-state index contributed by atoms with van der Waals surface area (Å²) in [5.74, 6) is 1.73. The highest BCUT2D eigenvalue weighted by molar-refractivity contribution is 6.40. The Morgan fingerprint density at radius 2 is 1.84 bits per heavy atom. The van der Waals surface area contributed by atoms with Crippen LogP contribution in [0.3, 0.4) is 0 Å². The summed E-state index contributed by atoms with van der Waals surface area (Å²) in [6.45, 7) is 1.77. The zero-order chi connectivity index (χ0) is 14.0. The van der Waals surface area contributed by atoms with Crippen molar-refractivity contribution in [1.29, 1.82) is 0 Å². The van der Waals surface area contributed by atoms with Gasteiger partial charge >= 0.3 is 0 Å². The third-order valence-electron chi connectivity index (χ3n) is 2.69. The number of nitrogens with zero attached hydrogens (tertiary/aromatic N) is 1. The van der Waals surface area contributed by atoms with Crippen LogP contribution in [-0.2, 0) is 4.79 Å². The number of nitrogen functional groups attached to an aromatic ring is 1. The van der Waals surface area contributed by atoms with Crippen LogP contribution < -0.4 is 5.73 Å². The second-order valence-corrected chi connectivity index (χ2v) is 4.73. The SMILES string of the molecule is Cc1nc(-c2ccc(C=C=O)cc2)c(Cl)c(N)c1Cl. The predicted octanol–water partition coefficient (Wildman–Crippen LogP) is 3.79. The van der Waals surface area contributed by atoms with Gasteiger partial charge in [0.2, 0.25) is 0 Å². The number of carbonyl (C=O) groups excluding carboxylic acids is 1. The van der Waals surface area contributed by atoms with E-state index in [0.717, 1.165) is 11.1 Å². The molecule has 0 radical (unpaired) electrons. The maximum absolute atomic E-state index is 10.3. The summed E-state index contributed by atoms with van der Waals surface area (Å²) in [7, 11) is 0. The third kappa shape index (κ3) is 2.64. The Balaban J connectivity index is 2.56. The van der Waals surface area contributed by atoms with Crippen molar-refractivity contribution < 1.29 is 4.79 Å². The number of halogens is 2. The fraction of sp³-hybridized carbons (Fsp3) is 0.0714. The van der Waals surface area contributed by atoms with Crippen molar-refractivity contribution in [3.8, 4) is 11.3 Å². The molecule has 0 saturated heterocycles. The molecule has 2 aromatic rings. The molecule has 96 valence electrons. The van der Waals surface area contributed by atoms with Gasteiger partial charge in [-0.15, -0.1) is 0 Å². The first-order valence-corrected chi connectivity index (χ1v) is 6.22. The molecule has 0 saturated carbocycles. The number of aromatic nitrogens is 1. The van der Waals surface area contributed by atoms with E-state index >= 15 is 0 Å². The molecule has 0 unspecified atom stereocenters. The average molecular weight is 293 g/mol. The summed E-state index contributed by atoms with van der Waals surface area (Å²) < 4.78 is 0. The van der Waals surface area contributed by atoms with Gasteiger partial charge in [0.15, 0.2) is 0 Å². The minimum atomic E-state index is 0.322. The highest BCUT2D eigenvalue weighted by Gasteiger charge is 2.14. The van der Waals surface area contributed by atoms with Crippen molar-refractivity contribution in [3.05, 3.63) is 45.6 Å². The molecule has 2 rings (SSSR count). The molecule has 0 aliphatic heterocycles. The second-order valence-electron chi connectivity index (χ2n) is 3.97. The molecule has 0 aliphatic carbocycles. The molecule has 0 amide bonds. The molecule has 19 heavy (non-hydrogen) atoms. The van der Waals surface area contributed by atoms with Gasteiger partial charge < -0.3 is 5.73 Å². The number of hydrogen-bond donors (Lipinski definition) is 1. The van der Waals surface area contributed by atoms with Crippen LogP contribution in [0.15, 0.2) is 24.3 Å². The van der Waals surface area contributed by atoms with Crippen molar-refractivity contribution in [3.63, 3.8) is 0 Å². The van der Waals surface area contributed by atoms with E-state index in [1.807, 2.05) is 12.1 Å². The molecule has 1 heterocycles. The lowest BCUT2D eigenvalue weighted by Gasteiger charge is -2.10. The molecule has 1 aromatic heterocycles. The highest BCUT2D eigenvalue weighted by atomic mass is 35.5. The summed E-state index contributed by atoms with van der Waals surface area (Å²) in [6.07, 6.45) is 1.35. The van der Waals surface area contributed by atoms with Crippen LogP contribution in [0.2, 0.25) is 10.0 Å². The van der Waals surface area contributed by atoms with Crippen molar-refractivity contribution >= 4 is 40.9 Å². The van der Waals surface area contributed by atoms with Gasteiger partial charge in [-0.05, 0) is 12.5 Å². The monoisotopic (exact) mass is 292 g/mol. The lowest BCUT2D eigenvalue weighted by Crippen LogP contribution is -1.97. The minimum Gasteiger partial charge on any atom is -0.396 e. The number of anilines is 1. The first-order chi connectivity index (χ1) is 9.04. The predicted molar refractivity (Wildman–Crippen MR) is 79.0 cm³/mol. The van der Waals surface area contributed by atoms with Crippen LogP contribution in [0.5, 0.6) is 0 Å². The largest absolute Gasteiger partial charge is 0.396 e. The molecule has 0 fully saturated rings. The molecule has 3 nitrogen and oxygen atoms in total. The fourth-order valence-electron chi connectivity index (χ4n) is 1.68. The van der Waals surface area contributed by atoms with Gasteiger partial charge in [-0.2, -0.15) is 0 Å². The smallest absolute Gasteiger partial charge is 0.125 e. The molecule has 0 bridgehead atoms. The van der Waals surface area contributed by atoms with Gasteiger partial charge in [0.25, 0.3) is 0 Å². The van der Waals surface area contributed by atoms with Gasteiger partial charge in [0.05, 0.1) is 27.1 Å². The zero-order valence-corrected chi connectivity index (χ0v) is 11.6. The molecule has 0 spiro atoms. The Labute approximate surface area is 120 Å². The summed E-state index contributed by atoms with van der Waals surface area (Å²) in [6, 6.07) is 7.17. The van der Waals surface area contributed by atoms with Gasteiger partial charge in [-0.1, -0.05) is 47.5 Å². The number of aryl methyl sites for hydroxylation is 1. The van der Waals surface area contributed by atoms with E-state index < -0.39 is 0 Å². The van der Waals surface area contributed by atoms with Crippen LogP contribution >= 0.6 is 23.2 Å². The molecule has 0 aliphatic rings. The molecule has 5 heteroatoms. The Morgan fingerprint density at radius 3 is 2.42 bits per heavy atom. The Kier molecular flexibility index (Phi) is 3.91. The van der Waals surface area contributed by atoms with Gasteiger partial charge in [0.1, 0.15) is 5.94 Å². The maximum Gasteiger partial charge on any atom is 0.125 e. The molecule has 0 atom stereocenters. The normalized spacial score (nSPS) is 10.1. The van der Waals surface area contributed by atoms with E-state index in [-0.39, 0.29) is 0 Å². The van der Waals surface area contributed by atoms with E-state index in [1.165, 1.54) is 6.08 Å². The van der Waals surface area contributed by atoms with E-state index in [4.69, 9.17) is 28.9 Å². The quantitative estimate of drug-likeness (QED) is 0.857. The minimum absolute atomic E-state index is 0.322. The summed E-state index contributed by atoms with van der Waals surface area (Å²) in [4.78, 5) is 14.6. The van der Waals surface area contributed by atoms with Crippen LogP contribution in [-0.4, -0.2) is 10.9 Å². The number of nitrogens with two attached hydrogens (primary N) is 1. The van der Waals surface area contributed by atoms with Gasteiger partial charge in [-0.25, -0.2) is 9.78 Å². The highest BCUT2D eigenvalue weighted by Crippen LogP contribution is 2.36. The van der Waals surface area contributed by atoms with E-state index in [0.29, 0.717) is 27.1 Å². The summed E-state index contributed by atoms with van der Waals surface area (Å²) in [5.41, 5.74) is 8.91. The Hall–Kier alpha value is -1.80. The van der Waals surface area contributed by atoms with Crippen molar-refractivity contribution in [2.45, 2.75) is 6.92 Å². The number of pyridine rings is 1. The molecule has 1 aromatic carbocycles. The second kappa shape index (κ2) is 5.45. The average Bonchev–Trinajstić information content (AvgIpc) is 2.42. The van der Waals surface area contributed by atoms with Crippen LogP contribution in [0.25, 0.3) is 17.3 Å². The van der Waals surface area contributed by atoms with E-state index in [2.05, 4.69) is 4.98 Å². The van der Waals surface area contributed by atoms with E-state index in [9.17, 15) is 4.79 Å². The van der Waals surface area contributed by atoms with E-state index in [1.54, 1.807) is 25.0 Å². The van der Waals surface area contributed by atoms with Crippen LogP contribution in [0.1, 0.15) is 11.3 Å². The summed E-state index contributed by atoms with van der Waals surface area (Å²) in [5, 5.41) is 0.698. The Morgan fingerprint density at radius 1 is 1.21 bits per heavy atom. The first kappa shape index (κ1) is 13.6. The molecular formula is C14H10Cl2N2O. The lowest BCUT2D eigenvalue weighted by atomic mass is 10.1. The van der Waals surface area contributed by atoms with Gasteiger partial charge in [0, 0.05) is 11.6 Å². The van der Waals surface area contributed by atoms with Crippen molar-refractivity contribution in [2.75, 3.05) is 5.73 Å². The standard InChI is InChI=1S/C14H10Cl2N2O/c1-8-11(15)13(17)12(16)14(18-8)10-4-2-9(3-5-10)6-7-19/h2-6H,1H3,(H2,17,18). The van der Waals surface area contributed by atoms with Crippen LogP contribution in [0.4, 0.5) is 5.69 Å². The summed E-state index contributed by atoms with van der Waals surface area (Å²) >= 11 is 12.2.